The van der Waals surface area contributed by atoms with Crippen molar-refractivity contribution in [2.45, 2.75) is 59.2 Å². The summed E-state index contributed by atoms with van der Waals surface area (Å²) in [6, 6.07) is 9.14. The van der Waals surface area contributed by atoms with Gasteiger partial charge in [0.25, 0.3) is 0 Å². The Kier molecular flexibility index (Phi) is 11.1. The maximum Gasteiger partial charge on any atom is 0.402 e. The molecule has 1 fully saturated rings. The van der Waals surface area contributed by atoms with Gasteiger partial charge in [0.05, 0.1) is 16.3 Å². The van der Waals surface area contributed by atoms with Crippen LogP contribution in [0.1, 0.15) is 51.4 Å². The Bertz CT molecular complexity index is 1510. The van der Waals surface area contributed by atoms with Crippen LogP contribution in [0.25, 0.3) is 15.7 Å². The molecule has 3 heterocycles. The van der Waals surface area contributed by atoms with E-state index in [1.165, 1.54) is 11.8 Å². The molecule has 3 atom stereocenters. The van der Waals surface area contributed by atoms with Crippen LogP contribution in [0.4, 0.5) is 24.9 Å². The Morgan fingerprint density at radius 3 is 2.65 bits per heavy atom. The molecular formula is C30H37F3N6O2S2. The summed E-state index contributed by atoms with van der Waals surface area (Å²) >= 11 is 1.46. The van der Waals surface area contributed by atoms with E-state index in [-0.39, 0.29) is 17.8 Å². The predicted octanol–water partition coefficient (Wildman–Crippen LogP) is 7.20. The van der Waals surface area contributed by atoms with Gasteiger partial charge in [0, 0.05) is 35.5 Å². The number of halogens is 3. The molecule has 232 valence electrons. The van der Waals surface area contributed by atoms with Crippen molar-refractivity contribution in [3.63, 3.8) is 0 Å². The summed E-state index contributed by atoms with van der Waals surface area (Å²) in [5.41, 5.74) is 1.11. The van der Waals surface area contributed by atoms with Crippen molar-refractivity contribution in [1.82, 2.24) is 20.3 Å². The summed E-state index contributed by atoms with van der Waals surface area (Å²) in [5.74, 6) is 0.216. The lowest BCUT2D eigenvalue weighted by Crippen LogP contribution is -2.38. The quantitative estimate of drug-likeness (QED) is 0.180. The number of ether oxygens (including phenoxy) is 1. The number of hydrogen-bond donors (Lipinski definition) is 3. The molecule has 3 aromatic rings. The minimum absolute atomic E-state index is 0.0361. The molecule has 2 aromatic heterocycles. The van der Waals surface area contributed by atoms with Crippen molar-refractivity contribution in [1.29, 1.82) is 0 Å². The second-order valence-electron chi connectivity index (χ2n) is 10.5. The Balaban J connectivity index is 1.79. The van der Waals surface area contributed by atoms with Crippen molar-refractivity contribution >= 4 is 50.2 Å². The van der Waals surface area contributed by atoms with E-state index in [9.17, 15) is 17.4 Å². The molecule has 4 rings (SSSR count). The standard InChI is InChI=1S/C30H37F3N6O2S2/c1-6-19(4)25(27(42-18(2)3)24-13-15-35-29(38-24)37-21-10-9-14-34-16-21)41-26-20(5)36-28(23-12-8-7-11-22(23)26)39-43(40)17-30(31,32)33/h7-8,11-13,15,19,21,34H,2,6,9-10,14,16-17H2,1,3-5H3,(H,36,39)(H,35,37,38)/b27-25+. The second-order valence-corrected chi connectivity index (χ2v) is 13.0. The number of rotatable bonds is 12. The lowest BCUT2D eigenvalue weighted by atomic mass is 10.0. The van der Waals surface area contributed by atoms with E-state index in [1.54, 1.807) is 25.3 Å². The summed E-state index contributed by atoms with van der Waals surface area (Å²) in [6.07, 6.45) is 0.00752. The number of piperidine rings is 1. The van der Waals surface area contributed by atoms with Crippen molar-refractivity contribution in [3.8, 4) is 5.75 Å². The third kappa shape index (κ3) is 8.93. The summed E-state index contributed by atoms with van der Waals surface area (Å²) in [4.78, 5) is 15.4. The van der Waals surface area contributed by atoms with Gasteiger partial charge in [0.2, 0.25) is 5.95 Å². The van der Waals surface area contributed by atoms with Gasteiger partial charge >= 0.3 is 6.18 Å². The van der Waals surface area contributed by atoms with Crippen LogP contribution in [-0.2, 0) is 11.0 Å². The molecule has 8 nitrogen and oxygen atoms in total. The van der Waals surface area contributed by atoms with Gasteiger partial charge in [-0.1, -0.05) is 56.5 Å². The topological polar surface area (TPSA) is 101 Å². The van der Waals surface area contributed by atoms with Gasteiger partial charge in [-0.3, -0.25) is 4.72 Å². The molecular weight excluding hydrogens is 597 g/mol. The van der Waals surface area contributed by atoms with Crippen molar-refractivity contribution in [2.24, 2.45) is 5.92 Å². The molecule has 0 amide bonds. The number of benzene rings is 1. The number of nitrogens with zero attached hydrogens (tertiary/aromatic N) is 3. The van der Waals surface area contributed by atoms with Crippen LogP contribution < -0.4 is 20.1 Å². The molecule has 3 N–H and O–H groups in total. The fourth-order valence-electron chi connectivity index (χ4n) is 4.64. The van der Waals surface area contributed by atoms with Crippen LogP contribution in [-0.4, -0.2) is 50.2 Å². The number of anilines is 2. The number of thioether (sulfide) groups is 1. The van der Waals surface area contributed by atoms with Gasteiger partial charge in [-0.2, -0.15) is 13.2 Å². The van der Waals surface area contributed by atoms with Crippen LogP contribution in [0.15, 0.2) is 53.8 Å². The zero-order valence-corrected chi connectivity index (χ0v) is 26.3. The van der Waals surface area contributed by atoms with E-state index >= 15 is 0 Å². The Morgan fingerprint density at radius 2 is 2.00 bits per heavy atom. The lowest BCUT2D eigenvalue weighted by Gasteiger charge is -2.24. The molecule has 43 heavy (non-hydrogen) atoms. The fraction of sp³-hybridized carbons (Fsp3) is 0.433. The maximum absolute atomic E-state index is 12.9. The van der Waals surface area contributed by atoms with Crippen LogP contribution in [0.2, 0.25) is 0 Å². The van der Waals surface area contributed by atoms with E-state index in [2.05, 4.69) is 45.8 Å². The van der Waals surface area contributed by atoms with Gasteiger partial charge < -0.3 is 15.4 Å². The second kappa shape index (κ2) is 14.5. The average Bonchev–Trinajstić information content (AvgIpc) is 2.95. The van der Waals surface area contributed by atoms with E-state index in [4.69, 9.17) is 9.72 Å². The summed E-state index contributed by atoms with van der Waals surface area (Å²) in [6.45, 7) is 13.7. The van der Waals surface area contributed by atoms with Gasteiger partial charge in [-0.05, 0) is 50.6 Å². The lowest BCUT2D eigenvalue weighted by molar-refractivity contribution is -0.105. The molecule has 1 saturated heterocycles. The molecule has 1 aliphatic rings. The van der Waals surface area contributed by atoms with Crippen molar-refractivity contribution in [3.05, 3.63) is 65.2 Å². The summed E-state index contributed by atoms with van der Waals surface area (Å²) < 4.78 is 60.0. The van der Waals surface area contributed by atoms with Crippen LogP contribution >= 0.6 is 11.8 Å². The molecule has 1 aromatic carbocycles. The first-order chi connectivity index (χ1) is 20.4. The van der Waals surface area contributed by atoms with Gasteiger partial charge in [-0.15, -0.1) is 0 Å². The van der Waals surface area contributed by atoms with Gasteiger partial charge in [-0.25, -0.2) is 19.2 Å². The highest BCUT2D eigenvalue weighted by molar-refractivity contribution is 8.11. The Morgan fingerprint density at radius 1 is 1.26 bits per heavy atom. The average molecular weight is 635 g/mol. The highest BCUT2D eigenvalue weighted by Crippen LogP contribution is 2.41. The third-order valence-corrected chi connectivity index (χ3v) is 8.80. The Labute approximate surface area is 257 Å². The number of hydrogen-bond acceptors (Lipinski definition) is 8. The highest BCUT2D eigenvalue weighted by Gasteiger charge is 2.31. The van der Waals surface area contributed by atoms with E-state index in [0.29, 0.717) is 39.6 Å². The number of pyridine rings is 1. The minimum Gasteiger partial charge on any atom is -0.458 e. The predicted molar refractivity (Wildman–Crippen MR) is 170 cm³/mol. The maximum atomic E-state index is 12.9. The smallest absolute Gasteiger partial charge is 0.402 e. The number of alkyl halides is 3. The zero-order chi connectivity index (χ0) is 31.1. The zero-order valence-electron chi connectivity index (χ0n) is 24.7. The van der Waals surface area contributed by atoms with Crippen LogP contribution in [0, 0.1) is 12.8 Å². The van der Waals surface area contributed by atoms with Crippen molar-refractivity contribution in [2.75, 3.05) is 28.9 Å². The first kappa shape index (κ1) is 32.7. The monoisotopic (exact) mass is 634 g/mol. The van der Waals surface area contributed by atoms with Crippen LogP contribution in [0.3, 0.4) is 0 Å². The molecule has 0 radical (unpaired) electrons. The molecule has 1 aliphatic heterocycles. The minimum atomic E-state index is -4.58. The SMILES string of the molecule is C=C(C)S/C(=C(/Oc1c(C)nc(NS(=O)CC(F)(F)F)c2ccccc12)C(C)CC)c1ccnc(NC2CCCNC2)n1. The highest BCUT2D eigenvalue weighted by atomic mass is 32.2. The normalized spacial score (nSPS) is 17.6. The number of allylic oxidation sites excluding steroid dienone is 2. The summed E-state index contributed by atoms with van der Waals surface area (Å²) in [7, 11) is -2.40. The first-order valence-electron chi connectivity index (χ1n) is 14.1. The van der Waals surface area contributed by atoms with E-state index < -0.39 is 22.9 Å². The fourth-order valence-corrected chi connectivity index (χ4v) is 6.29. The van der Waals surface area contributed by atoms with Gasteiger partial charge in [0.1, 0.15) is 28.3 Å². The molecule has 0 bridgehead atoms. The first-order valence-corrected chi connectivity index (χ1v) is 16.3. The van der Waals surface area contributed by atoms with Gasteiger partial charge in [0.15, 0.2) is 5.75 Å². The van der Waals surface area contributed by atoms with Crippen molar-refractivity contribution < 1.29 is 22.1 Å². The molecule has 0 aliphatic carbocycles. The van der Waals surface area contributed by atoms with E-state index in [0.717, 1.165) is 42.2 Å². The molecule has 3 unspecified atom stereocenters. The molecule has 0 saturated carbocycles. The number of nitrogens with one attached hydrogen (secondary N) is 3. The Hall–Kier alpha value is -3.16. The number of fused-ring (bicyclic) bond motifs is 1. The molecule has 13 heteroatoms. The number of aromatic nitrogens is 3. The summed E-state index contributed by atoms with van der Waals surface area (Å²) in [5, 5.41) is 7.94. The van der Waals surface area contributed by atoms with E-state index in [1.807, 2.05) is 25.1 Å². The van der Waals surface area contributed by atoms with Crippen LogP contribution in [0.5, 0.6) is 5.75 Å². The molecule has 0 spiro atoms. The largest absolute Gasteiger partial charge is 0.458 e. The number of aryl methyl sites for hydroxylation is 1. The third-order valence-electron chi connectivity index (χ3n) is 6.83.